The molecule has 0 heterocycles. The number of amides is 1. The number of likely N-dealkylation sites (N-methyl/N-ethyl adjacent to an activating group) is 1. The number of benzene rings is 1. The molecule has 0 spiro atoms. The molecule has 16 heavy (non-hydrogen) atoms. The molecule has 1 aromatic carbocycles. The molecule has 0 aliphatic carbocycles. The summed E-state index contributed by atoms with van der Waals surface area (Å²) in [5.74, 6) is -1.02. The van der Waals surface area contributed by atoms with E-state index in [1.165, 1.54) is 30.1 Å². The zero-order valence-electron chi connectivity index (χ0n) is 8.54. The van der Waals surface area contributed by atoms with E-state index in [1.54, 1.807) is 0 Å². The number of halogens is 2. The summed E-state index contributed by atoms with van der Waals surface area (Å²) in [6.07, 6.45) is 0. The molecular formula is C10H10BrFN2OS. The van der Waals surface area contributed by atoms with Gasteiger partial charge in [-0.2, -0.15) is 0 Å². The van der Waals surface area contributed by atoms with Crippen LogP contribution in [0.3, 0.4) is 0 Å². The SMILES string of the molecule is CN(CC(N)=S)C(=O)c1cc(Br)ccc1F. The molecule has 0 radical (unpaired) electrons. The molecule has 0 fully saturated rings. The zero-order valence-corrected chi connectivity index (χ0v) is 10.9. The fourth-order valence-corrected chi connectivity index (χ4v) is 1.73. The Balaban J connectivity index is 2.95. The van der Waals surface area contributed by atoms with Crippen molar-refractivity contribution < 1.29 is 9.18 Å². The van der Waals surface area contributed by atoms with Gasteiger partial charge >= 0.3 is 0 Å². The van der Waals surface area contributed by atoms with Crippen molar-refractivity contribution in [1.82, 2.24) is 4.90 Å². The average molecular weight is 305 g/mol. The highest BCUT2D eigenvalue weighted by molar-refractivity contribution is 9.10. The van der Waals surface area contributed by atoms with Crippen LogP contribution in [0.15, 0.2) is 22.7 Å². The minimum Gasteiger partial charge on any atom is -0.392 e. The van der Waals surface area contributed by atoms with Gasteiger partial charge < -0.3 is 10.6 Å². The summed E-state index contributed by atoms with van der Waals surface area (Å²) >= 11 is 7.86. The summed E-state index contributed by atoms with van der Waals surface area (Å²) in [4.78, 5) is 13.3. The molecular weight excluding hydrogens is 295 g/mol. The Morgan fingerprint density at radius 1 is 1.62 bits per heavy atom. The summed E-state index contributed by atoms with van der Waals surface area (Å²) < 4.78 is 14.0. The first-order valence-corrected chi connectivity index (χ1v) is 5.60. The molecule has 0 saturated heterocycles. The van der Waals surface area contributed by atoms with Crippen molar-refractivity contribution in [3.8, 4) is 0 Å². The minimum atomic E-state index is -0.567. The van der Waals surface area contributed by atoms with Crippen LogP contribution < -0.4 is 5.73 Å². The fourth-order valence-electron chi connectivity index (χ4n) is 1.17. The Kier molecular flexibility index (Phi) is 4.37. The molecule has 0 atom stereocenters. The fraction of sp³-hybridized carbons (Fsp3) is 0.200. The normalized spacial score (nSPS) is 9.94. The standard InChI is InChI=1S/C10H10BrFN2OS/c1-14(5-9(13)16)10(15)7-4-6(11)2-3-8(7)12/h2-4H,5H2,1H3,(H2,13,16). The molecule has 1 rings (SSSR count). The van der Waals surface area contributed by atoms with Crippen molar-refractivity contribution >= 4 is 39.0 Å². The van der Waals surface area contributed by atoms with Crippen molar-refractivity contribution in [3.63, 3.8) is 0 Å². The molecule has 0 unspecified atom stereocenters. The second-order valence-electron chi connectivity index (χ2n) is 3.25. The maximum atomic E-state index is 13.4. The lowest BCUT2D eigenvalue weighted by molar-refractivity contribution is 0.0810. The van der Waals surface area contributed by atoms with Gasteiger partial charge in [-0.15, -0.1) is 0 Å². The first kappa shape index (κ1) is 13.1. The van der Waals surface area contributed by atoms with Gasteiger partial charge in [-0.1, -0.05) is 28.1 Å². The Morgan fingerprint density at radius 3 is 2.81 bits per heavy atom. The van der Waals surface area contributed by atoms with Crippen molar-refractivity contribution in [3.05, 3.63) is 34.1 Å². The molecule has 0 saturated carbocycles. The zero-order chi connectivity index (χ0) is 12.3. The van der Waals surface area contributed by atoms with Crippen LogP contribution in [-0.2, 0) is 0 Å². The van der Waals surface area contributed by atoms with Crippen molar-refractivity contribution in [2.45, 2.75) is 0 Å². The molecule has 0 aliphatic heterocycles. The Hall–Kier alpha value is -1.01. The van der Waals surface area contributed by atoms with E-state index in [0.717, 1.165) is 0 Å². The number of hydrogen-bond acceptors (Lipinski definition) is 2. The van der Waals surface area contributed by atoms with Gasteiger partial charge in [0.15, 0.2) is 0 Å². The number of thiocarbonyl (C=S) groups is 1. The predicted molar refractivity (Wildman–Crippen MR) is 67.8 cm³/mol. The van der Waals surface area contributed by atoms with Gasteiger partial charge in [0.2, 0.25) is 0 Å². The van der Waals surface area contributed by atoms with E-state index in [4.69, 9.17) is 5.73 Å². The highest BCUT2D eigenvalue weighted by Crippen LogP contribution is 2.16. The van der Waals surface area contributed by atoms with Gasteiger partial charge in [-0.05, 0) is 18.2 Å². The van der Waals surface area contributed by atoms with E-state index in [2.05, 4.69) is 28.1 Å². The number of nitrogens with zero attached hydrogens (tertiary/aromatic N) is 1. The molecule has 86 valence electrons. The largest absolute Gasteiger partial charge is 0.392 e. The molecule has 0 bridgehead atoms. The maximum Gasteiger partial charge on any atom is 0.256 e. The van der Waals surface area contributed by atoms with Gasteiger partial charge in [0.25, 0.3) is 5.91 Å². The van der Waals surface area contributed by atoms with E-state index in [1.807, 2.05) is 0 Å². The summed E-state index contributed by atoms with van der Waals surface area (Å²) in [7, 11) is 1.52. The lowest BCUT2D eigenvalue weighted by Gasteiger charge is -2.16. The summed E-state index contributed by atoms with van der Waals surface area (Å²) in [5, 5.41) is 0. The van der Waals surface area contributed by atoms with Gasteiger partial charge in [-0.25, -0.2) is 4.39 Å². The van der Waals surface area contributed by atoms with Gasteiger partial charge in [0.05, 0.1) is 17.1 Å². The van der Waals surface area contributed by atoms with Crippen LogP contribution >= 0.6 is 28.1 Å². The van der Waals surface area contributed by atoms with Crippen LogP contribution in [-0.4, -0.2) is 29.4 Å². The quantitative estimate of drug-likeness (QED) is 0.868. The second kappa shape index (κ2) is 5.36. The Labute approximate surface area is 107 Å². The van der Waals surface area contributed by atoms with E-state index >= 15 is 0 Å². The number of hydrogen-bond donors (Lipinski definition) is 1. The smallest absolute Gasteiger partial charge is 0.256 e. The second-order valence-corrected chi connectivity index (χ2v) is 4.69. The van der Waals surface area contributed by atoms with E-state index in [0.29, 0.717) is 4.47 Å². The van der Waals surface area contributed by atoms with Crippen molar-refractivity contribution in [2.24, 2.45) is 5.73 Å². The third kappa shape index (κ3) is 3.24. The van der Waals surface area contributed by atoms with Crippen molar-refractivity contribution in [1.29, 1.82) is 0 Å². The topological polar surface area (TPSA) is 46.3 Å². The Morgan fingerprint density at radius 2 is 2.25 bits per heavy atom. The van der Waals surface area contributed by atoms with Gasteiger partial charge in [0.1, 0.15) is 5.82 Å². The van der Waals surface area contributed by atoms with Gasteiger partial charge in [0, 0.05) is 11.5 Å². The first-order valence-electron chi connectivity index (χ1n) is 4.40. The lowest BCUT2D eigenvalue weighted by Crippen LogP contribution is -2.34. The van der Waals surface area contributed by atoms with Crippen molar-refractivity contribution in [2.75, 3.05) is 13.6 Å². The first-order chi connectivity index (χ1) is 7.41. The van der Waals surface area contributed by atoms with Crippen LogP contribution in [0.5, 0.6) is 0 Å². The highest BCUT2D eigenvalue weighted by Gasteiger charge is 2.16. The van der Waals surface area contributed by atoms with E-state index < -0.39 is 11.7 Å². The number of nitrogens with two attached hydrogens (primary N) is 1. The molecule has 1 amide bonds. The number of rotatable bonds is 3. The summed E-state index contributed by atoms with van der Waals surface area (Å²) in [6.45, 7) is 0.125. The summed E-state index contributed by atoms with van der Waals surface area (Å²) in [5.41, 5.74) is 5.31. The molecule has 3 nitrogen and oxygen atoms in total. The highest BCUT2D eigenvalue weighted by atomic mass is 79.9. The summed E-state index contributed by atoms with van der Waals surface area (Å²) in [6, 6.07) is 4.18. The number of carbonyl (C=O) groups excluding carboxylic acids is 1. The molecule has 0 aliphatic rings. The maximum absolute atomic E-state index is 13.4. The van der Waals surface area contributed by atoms with Crippen LogP contribution in [0.4, 0.5) is 4.39 Å². The van der Waals surface area contributed by atoms with Crippen LogP contribution in [0.2, 0.25) is 0 Å². The van der Waals surface area contributed by atoms with E-state index in [9.17, 15) is 9.18 Å². The average Bonchev–Trinajstić information content (AvgIpc) is 2.19. The van der Waals surface area contributed by atoms with E-state index in [-0.39, 0.29) is 17.1 Å². The van der Waals surface area contributed by atoms with Crippen LogP contribution in [0.25, 0.3) is 0 Å². The predicted octanol–water partition coefficient (Wildman–Crippen LogP) is 1.95. The molecule has 6 heteroatoms. The molecule has 2 N–H and O–H groups in total. The third-order valence-electron chi connectivity index (χ3n) is 1.90. The minimum absolute atomic E-state index is 0.00637. The molecule has 0 aromatic heterocycles. The third-order valence-corrected chi connectivity index (χ3v) is 2.52. The molecule has 1 aromatic rings. The number of carbonyl (C=O) groups is 1. The lowest BCUT2D eigenvalue weighted by atomic mass is 10.2. The van der Waals surface area contributed by atoms with Gasteiger partial charge in [-0.3, -0.25) is 4.79 Å². The Bertz CT molecular complexity index is 439. The van der Waals surface area contributed by atoms with Crippen LogP contribution in [0.1, 0.15) is 10.4 Å². The van der Waals surface area contributed by atoms with Crippen LogP contribution in [0, 0.1) is 5.82 Å². The monoisotopic (exact) mass is 304 g/mol.